The number of hydrogen-bond acceptors (Lipinski definition) is 0. The lowest BCUT2D eigenvalue weighted by atomic mass is 9.44. The van der Waals surface area contributed by atoms with Crippen LogP contribution < -0.4 is 0 Å². The Bertz CT molecular complexity index is 1680. The Morgan fingerprint density at radius 3 is 1.05 bits per heavy atom. The van der Waals surface area contributed by atoms with Crippen LogP contribution in [0, 0.1) is 70.0 Å². The highest BCUT2D eigenvalue weighted by atomic mass is 14.6. The molecule has 200 valence electrons. The van der Waals surface area contributed by atoms with Crippen LogP contribution in [0.25, 0.3) is 0 Å². The molecular weight excluding hydrogens is 504 g/mol. The molecule has 0 N–H and O–H groups in total. The molecule has 4 aliphatic carbocycles. The SMILES string of the molecule is C(#Cc1ccc(C#CC23CC4CC(C2)CC(C#Cc2ccc(C#Cc5ccccc5)cc2)(C4)C3)cc1)c1ccccc1. The standard InChI is InChI=1S/C42H32/c1-3-7-33(8-4-1)11-13-35-15-19-37(20-16-35)23-25-41-28-39-27-40(29-41)31-42(30-39,32-41)26-24-38-21-17-36(18-22-38)14-12-34-9-5-2-6-10-34/h1-10,15-22,39-40H,27-32H2. The molecule has 0 spiro atoms. The van der Waals surface area contributed by atoms with Crippen molar-refractivity contribution in [3.05, 3.63) is 143 Å². The molecule has 4 saturated carbocycles. The van der Waals surface area contributed by atoms with Gasteiger partial charge in [-0.1, -0.05) is 83.8 Å². The Labute approximate surface area is 250 Å². The van der Waals surface area contributed by atoms with Crippen molar-refractivity contribution in [3.63, 3.8) is 0 Å². The second-order valence-electron chi connectivity index (χ2n) is 12.4. The van der Waals surface area contributed by atoms with Crippen LogP contribution in [0.1, 0.15) is 71.9 Å². The maximum Gasteiger partial charge on any atom is 0.0338 e. The van der Waals surface area contributed by atoms with Gasteiger partial charge in [0.2, 0.25) is 0 Å². The summed E-state index contributed by atoms with van der Waals surface area (Å²) >= 11 is 0. The van der Waals surface area contributed by atoms with Gasteiger partial charge in [-0.2, -0.15) is 0 Å². The van der Waals surface area contributed by atoms with E-state index in [-0.39, 0.29) is 10.8 Å². The molecule has 0 saturated heterocycles. The second kappa shape index (κ2) is 11.2. The van der Waals surface area contributed by atoms with Crippen LogP contribution >= 0.6 is 0 Å². The summed E-state index contributed by atoms with van der Waals surface area (Å²) in [5.41, 5.74) is 6.45. The van der Waals surface area contributed by atoms with E-state index in [0.29, 0.717) is 0 Å². The summed E-state index contributed by atoms with van der Waals surface area (Å²) in [6.07, 6.45) is 7.39. The molecule has 0 unspecified atom stereocenters. The maximum absolute atomic E-state index is 3.81. The van der Waals surface area contributed by atoms with Gasteiger partial charge in [0.1, 0.15) is 0 Å². The largest absolute Gasteiger partial charge is 0.0910 e. The fourth-order valence-corrected chi connectivity index (χ4v) is 7.57. The molecule has 4 aromatic rings. The highest BCUT2D eigenvalue weighted by molar-refractivity contribution is 5.48. The Morgan fingerprint density at radius 2 is 0.690 bits per heavy atom. The summed E-state index contributed by atoms with van der Waals surface area (Å²) in [6, 6.07) is 37.1. The summed E-state index contributed by atoms with van der Waals surface area (Å²) in [6.45, 7) is 0. The minimum Gasteiger partial charge on any atom is -0.0910 e. The van der Waals surface area contributed by atoms with Gasteiger partial charge in [0.05, 0.1) is 0 Å². The van der Waals surface area contributed by atoms with Gasteiger partial charge in [-0.3, -0.25) is 0 Å². The molecule has 0 nitrogen and oxygen atoms in total. The Hall–Kier alpha value is -4.88. The first kappa shape index (κ1) is 26.0. The van der Waals surface area contributed by atoms with E-state index in [0.717, 1.165) is 51.6 Å². The third-order valence-corrected chi connectivity index (χ3v) is 9.02. The van der Waals surface area contributed by atoms with E-state index >= 15 is 0 Å². The molecule has 0 heteroatoms. The lowest BCUT2D eigenvalue weighted by molar-refractivity contribution is -0.0523. The third kappa shape index (κ3) is 5.92. The van der Waals surface area contributed by atoms with E-state index in [1.54, 1.807) is 0 Å². The molecular formula is C42H32. The van der Waals surface area contributed by atoms with Gasteiger partial charge < -0.3 is 0 Å². The predicted molar refractivity (Wildman–Crippen MR) is 171 cm³/mol. The smallest absolute Gasteiger partial charge is 0.0338 e. The first-order valence-corrected chi connectivity index (χ1v) is 15.0. The Morgan fingerprint density at radius 1 is 0.381 bits per heavy atom. The number of benzene rings is 4. The van der Waals surface area contributed by atoms with E-state index in [1.165, 1.54) is 32.1 Å². The molecule has 0 aromatic heterocycles. The van der Waals surface area contributed by atoms with Gasteiger partial charge in [-0.05, 0) is 123 Å². The zero-order valence-corrected chi connectivity index (χ0v) is 23.8. The lowest BCUT2D eigenvalue weighted by Gasteiger charge is -2.58. The quantitative estimate of drug-likeness (QED) is 0.198. The van der Waals surface area contributed by atoms with Crippen LogP contribution in [0.5, 0.6) is 0 Å². The van der Waals surface area contributed by atoms with Crippen LogP contribution in [0.3, 0.4) is 0 Å². The maximum atomic E-state index is 3.81. The average molecular weight is 537 g/mol. The zero-order chi connectivity index (χ0) is 28.2. The molecule has 4 fully saturated rings. The minimum absolute atomic E-state index is 0.0986. The highest BCUT2D eigenvalue weighted by Gasteiger charge is 2.56. The molecule has 0 amide bonds. The number of rotatable bonds is 0. The van der Waals surface area contributed by atoms with E-state index in [2.05, 4.69) is 95.9 Å². The molecule has 0 heterocycles. The number of hydrogen-bond donors (Lipinski definition) is 0. The van der Waals surface area contributed by atoms with Crippen molar-refractivity contribution in [3.8, 4) is 47.4 Å². The topological polar surface area (TPSA) is 0 Å². The van der Waals surface area contributed by atoms with E-state index in [4.69, 9.17) is 0 Å². The monoisotopic (exact) mass is 536 g/mol. The highest BCUT2D eigenvalue weighted by Crippen LogP contribution is 2.65. The van der Waals surface area contributed by atoms with E-state index in [9.17, 15) is 0 Å². The molecule has 0 aliphatic heterocycles. The van der Waals surface area contributed by atoms with E-state index < -0.39 is 0 Å². The molecule has 0 radical (unpaired) electrons. The van der Waals surface area contributed by atoms with Gasteiger partial charge in [0.15, 0.2) is 0 Å². The zero-order valence-electron chi connectivity index (χ0n) is 23.8. The van der Waals surface area contributed by atoms with Crippen molar-refractivity contribution in [1.29, 1.82) is 0 Å². The predicted octanol–water partition coefficient (Wildman–Crippen LogP) is 8.48. The average Bonchev–Trinajstić information content (AvgIpc) is 3.02. The molecule has 42 heavy (non-hydrogen) atoms. The summed E-state index contributed by atoms with van der Waals surface area (Å²) in [5.74, 6) is 29.3. The van der Waals surface area contributed by atoms with Crippen LogP contribution in [-0.4, -0.2) is 0 Å². The first-order valence-electron chi connectivity index (χ1n) is 15.0. The van der Waals surface area contributed by atoms with Crippen LogP contribution in [0.4, 0.5) is 0 Å². The van der Waals surface area contributed by atoms with E-state index in [1.807, 2.05) is 60.7 Å². The Balaban J connectivity index is 1.06. The molecule has 8 rings (SSSR count). The van der Waals surface area contributed by atoms with Gasteiger partial charge >= 0.3 is 0 Å². The third-order valence-electron chi connectivity index (χ3n) is 9.02. The summed E-state index contributed by atoms with van der Waals surface area (Å²) < 4.78 is 0. The van der Waals surface area contributed by atoms with Crippen molar-refractivity contribution in [2.75, 3.05) is 0 Å². The van der Waals surface area contributed by atoms with Crippen molar-refractivity contribution >= 4 is 0 Å². The van der Waals surface area contributed by atoms with Crippen molar-refractivity contribution in [2.24, 2.45) is 22.7 Å². The normalized spacial score (nSPS) is 24.5. The van der Waals surface area contributed by atoms with Gasteiger partial charge in [-0.15, -0.1) is 0 Å². The van der Waals surface area contributed by atoms with Gasteiger partial charge in [0.25, 0.3) is 0 Å². The molecule has 4 aromatic carbocycles. The first-order chi connectivity index (χ1) is 20.6. The fourth-order valence-electron chi connectivity index (χ4n) is 7.57. The second-order valence-corrected chi connectivity index (χ2v) is 12.4. The molecule has 4 aliphatic rings. The van der Waals surface area contributed by atoms with Gasteiger partial charge in [0, 0.05) is 44.2 Å². The van der Waals surface area contributed by atoms with Crippen LogP contribution in [0.2, 0.25) is 0 Å². The molecule has 4 bridgehead atoms. The molecule has 0 atom stereocenters. The summed E-state index contributed by atoms with van der Waals surface area (Å²) in [4.78, 5) is 0. The van der Waals surface area contributed by atoms with Crippen LogP contribution in [0.15, 0.2) is 109 Å². The summed E-state index contributed by atoms with van der Waals surface area (Å²) in [7, 11) is 0. The minimum atomic E-state index is 0.0986. The lowest BCUT2D eigenvalue weighted by Crippen LogP contribution is -2.50. The summed E-state index contributed by atoms with van der Waals surface area (Å²) in [5, 5.41) is 0. The fraction of sp³-hybridized carbons (Fsp3) is 0.238. The van der Waals surface area contributed by atoms with Crippen LogP contribution in [-0.2, 0) is 0 Å². The Kier molecular flexibility index (Phi) is 6.93. The van der Waals surface area contributed by atoms with Crippen molar-refractivity contribution < 1.29 is 0 Å². The van der Waals surface area contributed by atoms with Crippen molar-refractivity contribution in [1.82, 2.24) is 0 Å². The van der Waals surface area contributed by atoms with Gasteiger partial charge in [-0.25, -0.2) is 0 Å². The van der Waals surface area contributed by atoms with Crippen molar-refractivity contribution in [2.45, 2.75) is 38.5 Å².